The lowest BCUT2D eigenvalue weighted by Crippen LogP contribution is -2.29. The number of carbonyl (C=O) groups excluding carboxylic acids is 2. The van der Waals surface area contributed by atoms with Gasteiger partial charge in [0, 0.05) is 0 Å². The molecule has 0 atom stereocenters. The molecule has 0 spiro atoms. The van der Waals surface area contributed by atoms with Crippen LogP contribution < -0.4 is 10.1 Å². The summed E-state index contributed by atoms with van der Waals surface area (Å²) in [6, 6.07) is 17.0. The number of amides is 1. The Hall–Kier alpha value is -3.28. The minimum atomic E-state index is -0.528. The van der Waals surface area contributed by atoms with Gasteiger partial charge in [0.15, 0.2) is 5.76 Å². The number of esters is 1. The van der Waals surface area contributed by atoms with Crippen LogP contribution in [0.15, 0.2) is 59.0 Å². The van der Waals surface area contributed by atoms with Crippen LogP contribution in [0.2, 0.25) is 0 Å². The highest BCUT2D eigenvalue weighted by molar-refractivity contribution is 5.93. The van der Waals surface area contributed by atoms with Crippen LogP contribution >= 0.6 is 0 Å². The molecule has 0 unspecified atom stereocenters. The van der Waals surface area contributed by atoms with Gasteiger partial charge in [-0.25, -0.2) is 0 Å². The van der Waals surface area contributed by atoms with Gasteiger partial charge in [-0.2, -0.15) is 0 Å². The summed E-state index contributed by atoms with van der Waals surface area (Å²) in [7, 11) is 1.25. The lowest BCUT2D eigenvalue weighted by molar-refractivity contribution is -0.139. The normalized spacial score (nSPS) is 10.4. The summed E-state index contributed by atoms with van der Waals surface area (Å²) < 4.78 is 15.6. The summed E-state index contributed by atoms with van der Waals surface area (Å²) in [5, 5.41) is 4.63. The van der Waals surface area contributed by atoms with E-state index < -0.39 is 11.9 Å². The number of furan rings is 1. The molecule has 0 saturated heterocycles. The Morgan fingerprint density at radius 3 is 2.64 bits per heavy atom. The minimum Gasteiger partial charge on any atom is -0.486 e. The van der Waals surface area contributed by atoms with Gasteiger partial charge in [0.1, 0.15) is 24.7 Å². The van der Waals surface area contributed by atoms with Crippen molar-refractivity contribution in [2.24, 2.45) is 0 Å². The van der Waals surface area contributed by atoms with E-state index in [1.807, 2.05) is 42.5 Å². The number of hydrogen-bond acceptors (Lipinski definition) is 5. The Kier molecular flexibility index (Phi) is 4.99. The molecule has 0 bridgehead atoms. The quantitative estimate of drug-likeness (QED) is 0.699. The van der Waals surface area contributed by atoms with E-state index in [1.54, 1.807) is 6.07 Å². The van der Waals surface area contributed by atoms with Crippen molar-refractivity contribution in [1.82, 2.24) is 5.32 Å². The van der Waals surface area contributed by atoms with E-state index in [2.05, 4.69) is 10.1 Å². The lowest BCUT2D eigenvalue weighted by atomic mass is 10.1. The van der Waals surface area contributed by atoms with E-state index in [1.165, 1.54) is 13.2 Å². The highest BCUT2D eigenvalue weighted by Crippen LogP contribution is 2.21. The molecule has 3 aromatic rings. The number of hydrogen-bond donors (Lipinski definition) is 1. The standard InChI is InChI=1S/C19H17NO5/c1-23-18(21)11-20-19(22)17-9-8-16(25-17)12-24-15-7-6-13-4-2-3-5-14(13)10-15/h2-10H,11-12H2,1H3,(H,20,22). The van der Waals surface area contributed by atoms with Crippen LogP contribution in [0.4, 0.5) is 0 Å². The fourth-order valence-corrected chi connectivity index (χ4v) is 2.30. The highest BCUT2D eigenvalue weighted by Gasteiger charge is 2.13. The molecule has 3 rings (SSSR count). The molecule has 1 N–H and O–H groups in total. The van der Waals surface area contributed by atoms with Crippen LogP contribution in [0.5, 0.6) is 5.75 Å². The third-order valence-corrected chi connectivity index (χ3v) is 3.61. The molecule has 1 aromatic heterocycles. The maximum absolute atomic E-state index is 11.8. The SMILES string of the molecule is COC(=O)CNC(=O)c1ccc(COc2ccc3ccccc3c2)o1. The minimum absolute atomic E-state index is 0.112. The summed E-state index contributed by atoms with van der Waals surface area (Å²) in [5.41, 5.74) is 0. The zero-order valence-electron chi connectivity index (χ0n) is 13.7. The lowest BCUT2D eigenvalue weighted by Gasteiger charge is -2.06. The third kappa shape index (κ3) is 4.17. The van der Waals surface area contributed by atoms with Crippen LogP contribution in [0.3, 0.4) is 0 Å². The van der Waals surface area contributed by atoms with E-state index in [9.17, 15) is 9.59 Å². The van der Waals surface area contributed by atoms with Gasteiger partial charge in [-0.3, -0.25) is 9.59 Å². The average Bonchev–Trinajstić information content (AvgIpc) is 3.13. The van der Waals surface area contributed by atoms with Crippen LogP contribution in [-0.2, 0) is 16.1 Å². The van der Waals surface area contributed by atoms with Crippen molar-refractivity contribution >= 4 is 22.6 Å². The summed E-state index contributed by atoms with van der Waals surface area (Å²) >= 11 is 0. The average molecular weight is 339 g/mol. The van der Waals surface area contributed by atoms with Crippen molar-refractivity contribution in [3.8, 4) is 5.75 Å². The topological polar surface area (TPSA) is 77.8 Å². The zero-order valence-corrected chi connectivity index (χ0v) is 13.7. The van der Waals surface area contributed by atoms with Gasteiger partial charge in [0.25, 0.3) is 5.91 Å². The molecule has 128 valence electrons. The van der Waals surface area contributed by atoms with E-state index >= 15 is 0 Å². The Morgan fingerprint density at radius 2 is 1.84 bits per heavy atom. The molecule has 6 nitrogen and oxygen atoms in total. The van der Waals surface area contributed by atoms with E-state index in [0.717, 1.165) is 10.8 Å². The van der Waals surface area contributed by atoms with Gasteiger partial charge in [0.2, 0.25) is 0 Å². The van der Waals surface area contributed by atoms with Crippen molar-refractivity contribution in [2.45, 2.75) is 6.61 Å². The van der Waals surface area contributed by atoms with Gasteiger partial charge in [-0.05, 0) is 35.0 Å². The number of fused-ring (bicyclic) bond motifs is 1. The molecule has 0 saturated carbocycles. The molecule has 25 heavy (non-hydrogen) atoms. The van der Waals surface area contributed by atoms with Crippen LogP contribution in [0.1, 0.15) is 16.3 Å². The van der Waals surface area contributed by atoms with Gasteiger partial charge >= 0.3 is 5.97 Å². The molecule has 0 aliphatic heterocycles. The van der Waals surface area contributed by atoms with Gasteiger partial charge in [-0.15, -0.1) is 0 Å². The van der Waals surface area contributed by atoms with Crippen LogP contribution in [0, 0.1) is 0 Å². The molecule has 6 heteroatoms. The Labute approximate surface area is 144 Å². The van der Waals surface area contributed by atoms with E-state index in [4.69, 9.17) is 9.15 Å². The molecular weight excluding hydrogens is 322 g/mol. The number of ether oxygens (including phenoxy) is 2. The zero-order chi connectivity index (χ0) is 17.6. The third-order valence-electron chi connectivity index (χ3n) is 3.61. The molecule has 0 aliphatic rings. The number of methoxy groups -OCH3 is 1. The van der Waals surface area contributed by atoms with Crippen molar-refractivity contribution < 1.29 is 23.5 Å². The predicted molar refractivity (Wildman–Crippen MR) is 91.3 cm³/mol. The van der Waals surface area contributed by atoms with Crippen LogP contribution in [0.25, 0.3) is 10.8 Å². The molecule has 1 heterocycles. The maximum atomic E-state index is 11.8. The summed E-state index contributed by atoms with van der Waals surface area (Å²) in [5.74, 6) is 0.325. The Balaban J connectivity index is 1.59. The second-order valence-electron chi connectivity index (χ2n) is 5.32. The van der Waals surface area contributed by atoms with Gasteiger partial charge < -0.3 is 19.2 Å². The van der Waals surface area contributed by atoms with Gasteiger partial charge in [0.05, 0.1) is 7.11 Å². The van der Waals surface area contributed by atoms with Gasteiger partial charge in [-0.1, -0.05) is 30.3 Å². The number of nitrogens with one attached hydrogen (secondary N) is 1. The first-order chi connectivity index (χ1) is 12.2. The van der Waals surface area contributed by atoms with E-state index in [0.29, 0.717) is 11.5 Å². The van der Waals surface area contributed by atoms with Crippen LogP contribution in [-0.4, -0.2) is 25.5 Å². The first-order valence-electron chi connectivity index (χ1n) is 7.71. The summed E-state index contributed by atoms with van der Waals surface area (Å²) in [6.45, 7) is -0.0123. The maximum Gasteiger partial charge on any atom is 0.325 e. The molecule has 0 fully saturated rings. The predicted octanol–water partition coefficient (Wildman–Crippen LogP) is 2.91. The smallest absolute Gasteiger partial charge is 0.325 e. The van der Waals surface area contributed by atoms with E-state index in [-0.39, 0.29) is 18.9 Å². The molecule has 0 aliphatic carbocycles. The van der Waals surface area contributed by atoms with Crippen molar-refractivity contribution in [2.75, 3.05) is 13.7 Å². The molecule has 0 radical (unpaired) electrons. The second kappa shape index (κ2) is 7.53. The van der Waals surface area contributed by atoms with Crippen molar-refractivity contribution in [1.29, 1.82) is 0 Å². The van der Waals surface area contributed by atoms with Crippen molar-refractivity contribution in [3.05, 3.63) is 66.1 Å². The first kappa shape index (κ1) is 16.6. The Bertz CT molecular complexity index is 899. The second-order valence-corrected chi connectivity index (χ2v) is 5.32. The molecular formula is C19H17NO5. The fourth-order valence-electron chi connectivity index (χ4n) is 2.30. The molecule has 1 amide bonds. The summed E-state index contributed by atoms with van der Waals surface area (Å²) in [4.78, 5) is 22.9. The fraction of sp³-hybridized carbons (Fsp3) is 0.158. The molecule has 2 aromatic carbocycles. The number of benzene rings is 2. The number of rotatable bonds is 6. The highest BCUT2D eigenvalue weighted by atomic mass is 16.5. The first-order valence-corrected chi connectivity index (χ1v) is 7.71. The Morgan fingerprint density at radius 1 is 1.04 bits per heavy atom. The summed E-state index contributed by atoms with van der Waals surface area (Å²) in [6.07, 6.45) is 0. The van der Waals surface area contributed by atoms with Crippen molar-refractivity contribution in [3.63, 3.8) is 0 Å². The largest absolute Gasteiger partial charge is 0.486 e. The number of carbonyl (C=O) groups is 2. The monoisotopic (exact) mass is 339 g/mol.